The Morgan fingerprint density at radius 3 is 2.50 bits per heavy atom. The number of methoxy groups -OCH3 is 1. The van der Waals surface area contributed by atoms with E-state index in [0.717, 1.165) is 44.6 Å². The lowest BCUT2D eigenvalue weighted by atomic mass is 9.73. The van der Waals surface area contributed by atoms with Gasteiger partial charge in [-0.05, 0) is 82.3 Å². The number of nitrogens with one attached hydrogen (secondary N) is 1. The second-order valence-electron chi connectivity index (χ2n) is 9.64. The molecule has 0 saturated carbocycles. The molecular formula is C22H34ClN2O2S. The molecule has 1 aromatic rings. The van der Waals surface area contributed by atoms with E-state index in [0.29, 0.717) is 5.02 Å². The second-order valence-corrected chi connectivity index (χ2v) is 12.0. The average molecular weight is 426 g/mol. The van der Waals surface area contributed by atoms with E-state index in [-0.39, 0.29) is 16.2 Å². The highest BCUT2D eigenvalue weighted by molar-refractivity contribution is 7.90. The molecule has 0 amide bonds. The first-order valence-electron chi connectivity index (χ1n) is 10.1. The number of benzene rings is 1. The number of hydrogen-bond acceptors (Lipinski definition) is 4. The molecule has 6 heteroatoms. The van der Waals surface area contributed by atoms with Crippen molar-refractivity contribution in [2.45, 2.75) is 64.7 Å². The van der Waals surface area contributed by atoms with E-state index in [9.17, 15) is 4.55 Å². The van der Waals surface area contributed by atoms with Gasteiger partial charge in [-0.3, -0.25) is 0 Å². The summed E-state index contributed by atoms with van der Waals surface area (Å²) in [5, 5.41) is 0.625. The molecule has 1 saturated heterocycles. The number of piperidine rings is 1. The van der Waals surface area contributed by atoms with Crippen molar-refractivity contribution in [3.05, 3.63) is 34.2 Å². The molecule has 0 unspecified atom stereocenters. The third-order valence-corrected chi connectivity index (χ3v) is 7.91. The van der Waals surface area contributed by atoms with Crippen molar-refractivity contribution < 1.29 is 9.29 Å². The van der Waals surface area contributed by atoms with Crippen molar-refractivity contribution in [2.75, 3.05) is 26.7 Å². The fourth-order valence-electron chi connectivity index (χ4n) is 4.54. The number of nitrogens with zero attached hydrogens (tertiary/aromatic N) is 1. The first-order valence-corrected chi connectivity index (χ1v) is 11.6. The molecule has 1 aliphatic heterocycles. The largest absolute Gasteiger partial charge is 0.598 e. The molecule has 2 aliphatic rings. The quantitative estimate of drug-likeness (QED) is 0.695. The Morgan fingerprint density at radius 1 is 1.32 bits per heavy atom. The van der Waals surface area contributed by atoms with E-state index in [1.807, 2.05) is 26.8 Å². The van der Waals surface area contributed by atoms with E-state index < -0.39 is 11.4 Å². The van der Waals surface area contributed by atoms with Crippen LogP contribution in [0.3, 0.4) is 0 Å². The lowest BCUT2D eigenvalue weighted by Crippen LogP contribution is -2.50. The smallest absolute Gasteiger partial charge is 0.137 e. The first-order chi connectivity index (χ1) is 13.1. The molecule has 28 heavy (non-hydrogen) atoms. The molecule has 1 fully saturated rings. The Balaban J connectivity index is 1.90. The van der Waals surface area contributed by atoms with Gasteiger partial charge in [0, 0.05) is 23.3 Å². The molecule has 1 spiro atoms. The summed E-state index contributed by atoms with van der Waals surface area (Å²) in [5.74, 6) is 2.17. The van der Waals surface area contributed by atoms with Gasteiger partial charge in [0.2, 0.25) is 0 Å². The first kappa shape index (κ1) is 22.2. The molecule has 157 valence electrons. The minimum Gasteiger partial charge on any atom is -0.598 e. The number of hydrogen-bond donors (Lipinski definition) is 1. The number of ether oxygens (including phenoxy) is 1. The zero-order valence-corrected chi connectivity index (χ0v) is 19.6. The Kier molecular flexibility index (Phi) is 6.63. The zero-order chi connectivity index (χ0) is 20.7. The van der Waals surface area contributed by atoms with Gasteiger partial charge in [-0.2, -0.15) is 0 Å². The van der Waals surface area contributed by atoms with Gasteiger partial charge in [-0.25, -0.2) is 0 Å². The van der Waals surface area contributed by atoms with Crippen molar-refractivity contribution in [1.82, 2.24) is 9.62 Å². The highest BCUT2D eigenvalue weighted by atomic mass is 35.5. The van der Waals surface area contributed by atoms with Gasteiger partial charge >= 0.3 is 0 Å². The Bertz CT molecular complexity index is 697. The lowest BCUT2D eigenvalue weighted by Gasteiger charge is -2.44. The molecule has 2 atom stereocenters. The fourth-order valence-corrected chi connectivity index (χ4v) is 5.74. The molecule has 1 aromatic carbocycles. The van der Waals surface area contributed by atoms with Crippen LogP contribution in [0.4, 0.5) is 0 Å². The van der Waals surface area contributed by atoms with Crippen LogP contribution >= 0.6 is 11.6 Å². The van der Waals surface area contributed by atoms with Crippen LogP contribution < -0.4 is 9.46 Å². The van der Waals surface area contributed by atoms with Crippen LogP contribution in [-0.4, -0.2) is 40.9 Å². The third-order valence-electron chi connectivity index (χ3n) is 6.05. The van der Waals surface area contributed by atoms with E-state index in [1.54, 1.807) is 7.11 Å². The van der Waals surface area contributed by atoms with Crippen LogP contribution in [-0.2, 0) is 17.8 Å². The van der Waals surface area contributed by atoms with Crippen molar-refractivity contribution in [3.63, 3.8) is 0 Å². The van der Waals surface area contributed by atoms with Crippen molar-refractivity contribution in [2.24, 2.45) is 5.41 Å². The second kappa shape index (κ2) is 8.35. The van der Waals surface area contributed by atoms with Crippen molar-refractivity contribution >= 4 is 23.0 Å². The molecule has 1 aliphatic carbocycles. The predicted octanol–water partition coefficient (Wildman–Crippen LogP) is 4.69. The Morgan fingerprint density at radius 2 is 1.96 bits per heavy atom. The molecule has 0 aromatic heterocycles. The van der Waals surface area contributed by atoms with Crippen molar-refractivity contribution in [1.29, 1.82) is 0 Å². The topological polar surface area (TPSA) is 47.6 Å². The standard InChI is InChI=1S/C22H34ClN2O2S/c1-15(2)14-25-9-7-22(8-10-25)13-16-11-19(27-6)18(23)12-17(16)20(22)24-28(26)21(3,4)5/h11-12,20,24H,7-10,13-14H2,1-6H3/t20-,28+/m0/s1. The van der Waals surface area contributed by atoms with E-state index in [2.05, 4.69) is 29.5 Å². The zero-order valence-electron chi connectivity index (χ0n) is 18.0. The van der Waals surface area contributed by atoms with E-state index in [1.165, 1.54) is 17.0 Å². The summed E-state index contributed by atoms with van der Waals surface area (Å²) < 4.78 is 21.7. The Labute approximate surface area is 178 Å². The van der Waals surface area contributed by atoms with Crippen LogP contribution in [0, 0.1) is 11.3 Å². The average Bonchev–Trinajstić information content (AvgIpc) is 2.88. The summed E-state index contributed by atoms with van der Waals surface area (Å²) in [6.45, 7) is 13.7. The maximum atomic E-state index is 13.0. The molecule has 1 heterocycles. The minimum atomic E-state index is -1.14. The van der Waals surface area contributed by atoms with Crippen molar-refractivity contribution in [3.8, 4) is 5.75 Å². The van der Waals surface area contributed by atoms with Crippen LogP contribution in [0.1, 0.15) is 64.6 Å². The molecule has 0 bridgehead atoms. The summed E-state index contributed by atoms with van der Waals surface area (Å²) in [6.07, 6.45) is 3.17. The molecule has 1 radical (unpaired) electrons. The van der Waals surface area contributed by atoms with Gasteiger partial charge in [0.05, 0.1) is 18.2 Å². The summed E-state index contributed by atoms with van der Waals surface area (Å²) in [6, 6.07) is 4.16. The SMILES string of the molecule is COc1cc2c(cc1Cl)[C@H](N[S@+]([O-])C(C)(C)C)C1(CCN(C[C](C)C)CC1)C2. The summed E-state index contributed by atoms with van der Waals surface area (Å²) in [5.41, 5.74) is 2.54. The summed E-state index contributed by atoms with van der Waals surface area (Å²) in [4.78, 5) is 2.54. The lowest BCUT2D eigenvalue weighted by molar-refractivity contribution is 0.0868. The normalized spacial score (nSPS) is 23.2. The predicted molar refractivity (Wildman–Crippen MR) is 118 cm³/mol. The van der Waals surface area contributed by atoms with Gasteiger partial charge in [-0.15, -0.1) is 4.72 Å². The summed E-state index contributed by atoms with van der Waals surface area (Å²) >= 11 is 5.33. The van der Waals surface area contributed by atoms with Crippen LogP contribution in [0.5, 0.6) is 5.75 Å². The number of rotatable bonds is 5. The molecule has 3 rings (SSSR count). The molecular weight excluding hydrogens is 392 g/mol. The molecule has 1 N–H and O–H groups in total. The minimum absolute atomic E-state index is 0.0554. The molecule has 4 nitrogen and oxygen atoms in total. The highest BCUT2D eigenvalue weighted by Gasteiger charge is 2.50. The van der Waals surface area contributed by atoms with Gasteiger partial charge < -0.3 is 14.2 Å². The number of halogens is 1. The van der Waals surface area contributed by atoms with Gasteiger partial charge in [-0.1, -0.05) is 25.4 Å². The summed E-state index contributed by atoms with van der Waals surface area (Å²) in [7, 11) is 1.66. The van der Waals surface area contributed by atoms with Crippen LogP contribution in [0.2, 0.25) is 5.02 Å². The fraction of sp³-hybridized carbons (Fsp3) is 0.682. The van der Waals surface area contributed by atoms with E-state index in [4.69, 9.17) is 16.3 Å². The van der Waals surface area contributed by atoms with E-state index >= 15 is 0 Å². The number of fused-ring (bicyclic) bond motifs is 1. The van der Waals surface area contributed by atoms with Gasteiger partial charge in [0.25, 0.3) is 0 Å². The maximum Gasteiger partial charge on any atom is 0.137 e. The van der Waals surface area contributed by atoms with Gasteiger partial charge in [0.1, 0.15) is 10.5 Å². The number of likely N-dealkylation sites (tertiary alicyclic amines) is 1. The van der Waals surface area contributed by atoms with Gasteiger partial charge in [0.15, 0.2) is 0 Å². The van der Waals surface area contributed by atoms with Crippen LogP contribution in [0.25, 0.3) is 0 Å². The monoisotopic (exact) mass is 425 g/mol. The Hall–Kier alpha value is -0.460. The maximum absolute atomic E-state index is 13.0. The third kappa shape index (κ3) is 4.49. The highest BCUT2D eigenvalue weighted by Crippen LogP contribution is 2.54. The van der Waals surface area contributed by atoms with Crippen LogP contribution in [0.15, 0.2) is 12.1 Å².